The number of hydrogen-bond acceptors (Lipinski definition) is 1. The van der Waals surface area contributed by atoms with E-state index >= 15 is 0 Å². The molecule has 1 atom stereocenters. The largest absolute Gasteiger partial charge is 0.321 e. The fourth-order valence-electron chi connectivity index (χ4n) is 1.26. The van der Waals surface area contributed by atoms with Crippen LogP contribution in [0.5, 0.6) is 0 Å². The fraction of sp³-hybridized carbons (Fsp3) is 0.273. The highest BCUT2D eigenvalue weighted by atomic mass is 35.5. The van der Waals surface area contributed by atoms with Gasteiger partial charge >= 0.3 is 0 Å². The van der Waals surface area contributed by atoms with Gasteiger partial charge in [-0.05, 0) is 30.5 Å². The van der Waals surface area contributed by atoms with E-state index in [1.54, 1.807) is 6.08 Å². The summed E-state index contributed by atoms with van der Waals surface area (Å²) in [7, 11) is 0. The summed E-state index contributed by atoms with van der Waals surface area (Å²) in [6.45, 7) is 7.87. The Labute approximate surface area is 86.1 Å². The molecule has 0 saturated heterocycles. The SMILES string of the molecule is C=C[C@H](N)c1cccc(C)c1C.Cl. The van der Waals surface area contributed by atoms with Crippen molar-refractivity contribution in [1.82, 2.24) is 0 Å². The second-order valence-corrected chi connectivity index (χ2v) is 3.05. The van der Waals surface area contributed by atoms with E-state index in [4.69, 9.17) is 5.73 Å². The average Bonchev–Trinajstić information content (AvgIpc) is 2.08. The van der Waals surface area contributed by atoms with E-state index in [0.717, 1.165) is 0 Å². The van der Waals surface area contributed by atoms with Crippen molar-refractivity contribution in [3.63, 3.8) is 0 Å². The molecular formula is C11H16ClN. The molecule has 1 aromatic rings. The molecule has 0 aliphatic heterocycles. The third kappa shape index (κ3) is 2.58. The zero-order valence-electron chi connectivity index (χ0n) is 8.08. The summed E-state index contributed by atoms with van der Waals surface area (Å²) in [4.78, 5) is 0. The van der Waals surface area contributed by atoms with Gasteiger partial charge in [-0.25, -0.2) is 0 Å². The van der Waals surface area contributed by atoms with E-state index in [1.165, 1.54) is 16.7 Å². The summed E-state index contributed by atoms with van der Waals surface area (Å²) >= 11 is 0. The molecule has 0 spiro atoms. The zero-order chi connectivity index (χ0) is 9.14. The van der Waals surface area contributed by atoms with Crippen molar-refractivity contribution in [3.05, 3.63) is 47.5 Å². The van der Waals surface area contributed by atoms with Crippen LogP contribution in [0.3, 0.4) is 0 Å². The van der Waals surface area contributed by atoms with Crippen LogP contribution in [-0.2, 0) is 0 Å². The molecular weight excluding hydrogens is 182 g/mol. The van der Waals surface area contributed by atoms with Gasteiger partial charge in [0.2, 0.25) is 0 Å². The van der Waals surface area contributed by atoms with Gasteiger partial charge in [-0.2, -0.15) is 0 Å². The first-order valence-corrected chi connectivity index (χ1v) is 4.11. The van der Waals surface area contributed by atoms with Gasteiger partial charge < -0.3 is 5.73 Å². The summed E-state index contributed by atoms with van der Waals surface area (Å²) in [6, 6.07) is 6.13. The van der Waals surface area contributed by atoms with Crippen molar-refractivity contribution in [3.8, 4) is 0 Å². The Morgan fingerprint density at radius 3 is 2.54 bits per heavy atom. The van der Waals surface area contributed by atoms with Gasteiger partial charge in [0.15, 0.2) is 0 Å². The predicted octanol–water partition coefficient (Wildman–Crippen LogP) is 2.91. The topological polar surface area (TPSA) is 26.0 Å². The van der Waals surface area contributed by atoms with Crippen molar-refractivity contribution in [2.45, 2.75) is 19.9 Å². The van der Waals surface area contributed by atoms with Crippen LogP contribution in [0.4, 0.5) is 0 Å². The van der Waals surface area contributed by atoms with Gasteiger partial charge in [0.25, 0.3) is 0 Å². The number of benzene rings is 1. The minimum Gasteiger partial charge on any atom is -0.321 e. The Bertz CT molecular complexity index is 294. The Balaban J connectivity index is 0.00000144. The standard InChI is InChI=1S/C11H15N.ClH/c1-4-11(12)10-7-5-6-8(2)9(10)3;/h4-7,11H,1,12H2,2-3H3;1H/t11-;/m0./s1. The molecule has 0 aliphatic rings. The van der Waals surface area contributed by atoms with Crippen molar-refractivity contribution in [2.75, 3.05) is 0 Å². The molecule has 0 radical (unpaired) electrons. The van der Waals surface area contributed by atoms with Crippen LogP contribution in [0.1, 0.15) is 22.7 Å². The molecule has 2 heteroatoms. The molecule has 1 nitrogen and oxygen atoms in total. The van der Waals surface area contributed by atoms with Crippen LogP contribution < -0.4 is 5.73 Å². The highest BCUT2D eigenvalue weighted by Gasteiger charge is 2.05. The normalized spacial score (nSPS) is 11.6. The predicted molar refractivity (Wildman–Crippen MR) is 60.3 cm³/mol. The van der Waals surface area contributed by atoms with Crippen LogP contribution in [0.15, 0.2) is 30.9 Å². The first-order chi connectivity index (χ1) is 5.66. The summed E-state index contributed by atoms with van der Waals surface area (Å²) in [5.74, 6) is 0. The first kappa shape index (κ1) is 12.2. The van der Waals surface area contributed by atoms with E-state index in [-0.39, 0.29) is 18.4 Å². The van der Waals surface area contributed by atoms with Gasteiger partial charge in [-0.15, -0.1) is 19.0 Å². The molecule has 72 valence electrons. The Morgan fingerprint density at radius 1 is 1.38 bits per heavy atom. The van der Waals surface area contributed by atoms with Gasteiger partial charge in [0.1, 0.15) is 0 Å². The molecule has 0 bridgehead atoms. The third-order valence-corrected chi connectivity index (χ3v) is 2.26. The zero-order valence-corrected chi connectivity index (χ0v) is 8.90. The lowest BCUT2D eigenvalue weighted by molar-refractivity contribution is 0.899. The highest BCUT2D eigenvalue weighted by molar-refractivity contribution is 5.85. The monoisotopic (exact) mass is 197 g/mol. The van der Waals surface area contributed by atoms with E-state index in [9.17, 15) is 0 Å². The summed E-state index contributed by atoms with van der Waals surface area (Å²) in [5, 5.41) is 0. The van der Waals surface area contributed by atoms with Gasteiger partial charge in [0.05, 0.1) is 0 Å². The molecule has 0 aromatic heterocycles. The van der Waals surface area contributed by atoms with E-state index in [1.807, 2.05) is 6.07 Å². The van der Waals surface area contributed by atoms with Gasteiger partial charge in [0, 0.05) is 6.04 Å². The summed E-state index contributed by atoms with van der Waals surface area (Å²) in [5.41, 5.74) is 9.57. The molecule has 13 heavy (non-hydrogen) atoms. The number of rotatable bonds is 2. The summed E-state index contributed by atoms with van der Waals surface area (Å²) < 4.78 is 0. The molecule has 0 heterocycles. The number of halogens is 1. The smallest absolute Gasteiger partial charge is 0.0481 e. The van der Waals surface area contributed by atoms with Crippen LogP contribution in [-0.4, -0.2) is 0 Å². The quantitative estimate of drug-likeness (QED) is 0.725. The maximum Gasteiger partial charge on any atom is 0.0481 e. The molecule has 1 aromatic carbocycles. The molecule has 0 fully saturated rings. The maximum atomic E-state index is 5.85. The molecule has 0 saturated carbocycles. The third-order valence-electron chi connectivity index (χ3n) is 2.26. The molecule has 0 amide bonds. The molecule has 0 unspecified atom stereocenters. The Kier molecular flexibility index (Phi) is 4.74. The van der Waals surface area contributed by atoms with Gasteiger partial charge in [-0.3, -0.25) is 0 Å². The van der Waals surface area contributed by atoms with Crippen molar-refractivity contribution in [2.24, 2.45) is 5.73 Å². The van der Waals surface area contributed by atoms with Crippen LogP contribution in [0, 0.1) is 13.8 Å². The van der Waals surface area contributed by atoms with Crippen molar-refractivity contribution < 1.29 is 0 Å². The van der Waals surface area contributed by atoms with Crippen molar-refractivity contribution >= 4 is 12.4 Å². The number of nitrogens with two attached hydrogens (primary N) is 1. The minimum atomic E-state index is -0.0371. The fourth-order valence-corrected chi connectivity index (χ4v) is 1.26. The van der Waals surface area contributed by atoms with Crippen LogP contribution in [0.25, 0.3) is 0 Å². The lowest BCUT2D eigenvalue weighted by atomic mass is 9.98. The van der Waals surface area contributed by atoms with E-state index in [2.05, 4.69) is 32.6 Å². The number of aryl methyl sites for hydroxylation is 1. The van der Waals surface area contributed by atoms with Gasteiger partial charge in [-0.1, -0.05) is 24.3 Å². The summed E-state index contributed by atoms with van der Waals surface area (Å²) in [6.07, 6.45) is 1.77. The Morgan fingerprint density at radius 2 is 2.00 bits per heavy atom. The van der Waals surface area contributed by atoms with Crippen LogP contribution in [0.2, 0.25) is 0 Å². The minimum absolute atomic E-state index is 0. The highest BCUT2D eigenvalue weighted by Crippen LogP contribution is 2.18. The lowest BCUT2D eigenvalue weighted by Crippen LogP contribution is -2.08. The lowest BCUT2D eigenvalue weighted by Gasteiger charge is -2.11. The van der Waals surface area contributed by atoms with E-state index in [0.29, 0.717) is 0 Å². The number of hydrogen-bond donors (Lipinski definition) is 1. The maximum absolute atomic E-state index is 5.85. The van der Waals surface area contributed by atoms with Crippen molar-refractivity contribution in [1.29, 1.82) is 0 Å². The second-order valence-electron chi connectivity index (χ2n) is 3.05. The van der Waals surface area contributed by atoms with Crippen LogP contribution >= 0.6 is 12.4 Å². The molecule has 1 rings (SSSR count). The first-order valence-electron chi connectivity index (χ1n) is 4.11. The second kappa shape index (κ2) is 5.05. The van der Waals surface area contributed by atoms with E-state index < -0.39 is 0 Å². The molecule has 0 aliphatic carbocycles. The average molecular weight is 198 g/mol. The molecule has 2 N–H and O–H groups in total. The Hall–Kier alpha value is -0.790.